The molecule has 8 rings (SSSR count). The van der Waals surface area contributed by atoms with Gasteiger partial charge in [0.15, 0.2) is 29.1 Å². The number of allylic oxidation sites excluding steroid dienone is 2. The Bertz CT molecular complexity index is 1750. The minimum absolute atomic E-state index is 0.0393. The minimum Gasteiger partial charge on any atom is -0.497 e. The standard InChI is InChI=1S/C39H46N2O7/c1-40-16-14-25-21-32(43-4)34-22-28(25)29(40)18-23-8-11-26(12-9-23)47-33-20-24(10-13-31(33)42-3)19-30-35-27(15-17-41(30)2)36(44-5)38(45-6)39(46-7)37(35)48-34/h8-13,21-22,29-30,33H,14-20H2,1-7H3/t29-,30-,33?/m1/s1. The predicted molar refractivity (Wildman–Crippen MR) is 184 cm³/mol. The highest BCUT2D eigenvalue weighted by Crippen LogP contribution is 2.56. The average molecular weight is 655 g/mol. The molecule has 48 heavy (non-hydrogen) atoms. The Kier molecular flexibility index (Phi) is 8.92. The minimum atomic E-state index is -0.236. The van der Waals surface area contributed by atoms with Gasteiger partial charge in [-0.3, -0.25) is 9.80 Å². The number of hydrogen-bond acceptors (Lipinski definition) is 9. The molecule has 1 aliphatic carbocycles. The van der Waals surface area contributed by atoms with Gasteiger partial charge in [-0.2, -0.15) is 0 Å². The predicted octanol–water partition coefficient (Wildman–Crippen LogP) is 6.83. The third-order valence-corrected chi connectivity index (χ3v) is 10.5. The lowest BCUT2D eigenvalue weighted by Crippen LogP contribution is -2.34. The van der Waals surface area contributed by atoms with Gasteiger partial charge in [0.05, 0.1) is 35.5 Å². The molecule has 5 aliphatic rings. The third kappa shape index (κ3) is 5.62. The van der Waals surface area contributed by atoms with Gasteiger partial charge in [-0.15, -0.1) is 0 Å². The number of rotatable bonds is 5. The molecular formula is C39H46N2O7. The van der Waals surface area contributed by atoms with E-state index < -0.39 is 0 Å². The van der Waals surface area contributed by atoms with E-state index in [1.807, 2.05) is 6.08 Å². The topological polar surface area (TPSA) is 71.1 Å². The summed E-state index contributed by atoms with van der Waals surface area (Å²) in [4.78, 5) is 4.82. The van der Waals surface area contributed by atoms with Crippen LogP contribution in [-0.4, -0.2) is 78.6 Å². The zero-order chi connectivity index (χ0) is 33.5. The normalized spacial score (nSPS) is 22.1. The van der Waals surface area contributed by atoms with Gasteiger partial charge >= 0.3 is 0 Å². The van der Waals surface area contributed by atoms with Crippen LogP contribution in [0.4, 0.5) is 0 Å². The molecule has 3 aromatic carbocycles. The maximum atomic E-state index is 7.09. The van der Waals surface area contributed by atoms with Crippen molar-refractivity contribution in [3.05, 3.63) is 87.7 Å². The molecule has 0 radical (unpaired) electrons. The van der Waals surface area contributed by atoms with Crippen molar-refractivity contribution in [2.45, 2.75) is 50.3 Å². The highest BCUT2D eigenvalue weighted by atomic mass is 16.6. The van der Waals surface area contributed by atoms with Gasteiger partial charge in [0.2, 0.25) is 11.5 Å². The van der Waals surface area contributed by atoms with Crippen molar-refractivity contribution in [2.75, 3.05) is 62.7 Å². The lowest BCUT2D eigenvalue weighted by Gasteiger charge is -2.39. The van der Waals surface area contributed by atoms with Crippen molar-refractivity contribution >= 4 is 0 Å². The summed E-state index contributed by atoms with van der Waals surface area (Å²) in [7, 11) is 12.8. The fourth-order valence-corrected chi connectivity index (χ4v) is 7.89. The molecular weight excluding hydrogens is 608 g/mol. The smallest absolute Gasteiger partial charge is 0.208 e. The van der Waals surface area contributed by atoms with E-state index in [0.29, 0.717) is 40.9 Å². The first-order valence-electron chi connectivity index (χ1n) is 16.7. The molecule has 9 heteroatoms. The first kappa shape index (κ1) is 32.2. The molecule has 3 aromatic rings. The maximum Gasteiger partial charge on any atom is 0.208 e. The van der Waals surface area contributed by atoms with Crippen molar-refractivity contribution in [1.82, 2.24) is 9.80 Å². The van der Waals surface area contributed by atoms with Crippen LogP contribution in [0, 0.1) is 0 Å². The number of nitrogens with zero attached hydrogens (tertiary/aromatic N) is 2. The second kappa shape index (κ2) is 13.3. The molecule has 0 saturated heterocycles. The Hall–Kier alpha value is -4.34. The average Bonchev–Trinajstić information content (AvgIpc) is 3.10. The summed E-state index contributed by atoms with van der Waals surface area (Å²) in [6, 6.07) is 13.0. The van der Waals surface area contributed by atoms with Crippen molar-refractivity contribution < 1.29 is 33.2 Å². The fraction of sp³-hybridized carbons (Fsp3) is 0.436. The zero-order valence-electron chi connectivity index (χ0n) is 29.1. The molecule has 0 amide bonds. The van der Waals surface area contributed by atoms with Gasteiger partial charge in [-0.05, 0) is 86.8 Å². The molecule has 0 N–H and O–H groups in total. The van der Waals surface area contributed by atoms with E-state index in [0.717, 1.165) is 61.4 Å². The van der Waals surface area contributed by atoms with Crippen LogP contribution in [0.5, 0.6) is 40.2 Å². The largest absolute Gasteiger partial charge is 0.497 e. The number of ether oxygens (including phenoxy) is 7. The first-order chi connectivity index (χ1) is 23.4. The van der Waals surface area contributed by atoms with E-state index in [4.69, 9.17) is 33.2 Å². The Labute approximate surface area is 283 Å². The first-order valence-corrected chi connectivity index (χ1v) is 16.7. The van der Waals surface area contributed by atoms with Crippen LogP contribution < -0.4 is 28.4 Å². The quantitative estimate of drug-likeness (QED) is 0.295. The molecule has 4 heterocycles. The summed E-state index contributed by atoms with van der Waals surface area (Å²) in [6.45, 7) is 1.80. The summed E-state index contributed by atoms with van der Waals surface area (Å²) in [5.41, 5.74) is 7.09. The van der Waals surface area contributed by atoms with Gasteiger partial charge in [-0.1, -0.05) is 23.8 Å². The van der Waals surface area contributed by atoms with Gasteiger partial charge in [0.25, 0.3) is 0 Å². The van der Waals surface area contributed by atoms with Crippen molar-refractivity contribution in [2.24, 2.45) is 0 Å². The number of likely N-dealkylation sites (N-methyl/N-ethyl adjacent to an activating group) is 2. The molecule has 0 aromatic heterocycles. The Morgan fingerprint density at radius 3 is 2.15 bits per heavy atom. The van der Waals surface area contributed by atoms with Crippen molar-refractivity contribution in [3.63, 3.8) is 0 Å². The molecule has 6 bridgehead atoms. The number of methoxy groups -OCH3 is 5. The number of fused-ring (bicyclic) bond motifs is 2. The maximum absolute atomic E-state index is 7.09. The van der Waals surface area contributed by atoms with Crippen LogP contribution in [0.3, 0.4) is 0 Å². The Balaban J connectivity index is 1.47. The highest BCUT2D eigenvalue weighted by molar-refractivity contribution is 5.70. The van der Waals surface area contributed by atoms with E-state index in [-0.39, 0.29) is 18.2 Å². The molecule has 9 nitrogen and oxygen atoms in total. The van der Waals surface area contributed by atoms with Crippen molar-refractivity contribution in [1.29, 1.82) is 0 Å². The van der Waals surface area contributed by atoms with Crippen LogP contribution in [0.2, 0.25) is 0 Å². The van der Waals surface area contributed by atoms with Crippen molar-refractivity contribution in [3.8, 4) is 40.2 Å². The number of benzene rings is 3. The summed E-state index contributed by atoms with van der Waals surface area (Å²) in [5, 5.41) is 0. The Morgan fingerprint density at radius 1 is 0.708 bits per heavy atom. The zero-order valence-corrected chi connectivity index (χ0v) is 29.1. The molecule has 3 atom stereocenters. The SMILES string of the molecule is COC1=CC=C2CC1Oc1ccc(cc1)C[C@@H]1c3cc(c(OC)cc3CCN1C)Oc1c(OC)c(OC)c(OC)c3c1[C@@H](C2)N(C)CC3. The summed E-state index contributed by atoms with van der Waals surface area (Å²) in [6.07, 6.45) is 7.97. The number of hydrogen-bond donors (Lipinski definition) is 0. The molecule has 4 aliphatic heterocycles. The van der Waals surface area contributed by atoms with Crippen LogP contribution in [0.15, 0.2) is 59.9 Å². The van der Waals surface area contributed by atoms with E-state index in [1.165, 1.54) is 22.3 Å². The second-order valence-corrected chi connectivity index (χ2v) is 13.1. The summed E-state index contributed by atoms with van der Waals surface area (Å²) in [5.74, 6) is 5.30. The highest BCUT2D eigenvalue weighted by Gasteiger charge is 2.38. The molecule has 1 unspecified atom stereocenters. The monoisotopic (exact) mass is 654 g/mol. The van der Waals surface area contributed by atoms with E-state index in [1.54, 1.807) is 35.5 Å². The van der Waals surface area contributed by atoms with Gasteiger partial charge in [-0.25, -0.2) is 0 Å². The summed E-state index contributed by atoms with van der Waals surface area (Å²) >= 11 is 0. The van der Waals surface area contributed by atoms with Crippen LogP contribution in [0.25, 0.3) is 0 Å². The third-order valence-electron chi connectivity index (χ3n) is 10.5. The fourth-order valence-electron chi connectivity index (χ4n) is 7.89. The van der Waals surface area contributed by atoms with E-state index in [2.05, 4.69) is 66.4 Å². The van der Waals surface area contributed by atoms with Gasteiger partial charge in [0.1, 0.15) is 11.5 Å². The molecule has 0 spiro atoms. The van der Waals surface area contributed by atoms with Crippen LogP contribution in [-0.2, 0) is 24.0 Å². The molecule has 0 saturated carbocycles. The van der Waals surface area contributed by atoms with Gasteiger partial charge < -0.3 is 33.2 Å². The van der Waals surface area contributed by atoms with Crippen LogP contribution in [0.1, 0.15) is 52.7 Å². The van der Waals surface area contributed by atoms with Crippen LogP contribution >= 0.6 is 0 Å². The lowest BCUT2D eigenvalue weighted by molar-refractivity contribution is 0.141. The summed E-state index contributed by atoms with van der Waals surface area (Å²) < 4.78 is 43.6. The molecule has 0 fully saturated rings. The Morgan fingerprint density at radius 2 is 1.44 bits per heavy atom. The second-order valence-electron chi connectivity index (χ2n) is 13.1. The van der Waals surface area contributed by atoms with Gasteiger partial charge in [0, 0.05) is 42.7 Å². The van der Waals surface area contributed by atoms with E-state index in [9.17, 15) is 0 Å². The molecule has 254 valence electrons. The lowest BCUT2D eigenvalue weighted by atomic mass is 9.84. The van der Waals surface area contributed by atoms with E-state index >= 15 is 0 Å².